The molecule has 1 N–H and O–H groups in total. The van der Waals surface area contributed by atoms with Gasteiger partial charge in [-0.25, -0.2) is 0 Å². The van der Waals surface area contributed by atoms with Crippen LogP contribution in [0.5, 0.6) is 46.0 Å². The van der Waals surface area contributed by atoms with Gasteiger partial charge < -0.3 is 47.6 Å². The van der Waals surface area contributed by atoms with Crippen molar-refractivity contribution in [3.63, 3.8) is 0 Å². The van der Waals surface area contributed by atoms with Crippen LogP contribution in [0.15, 0.2) is 82.0 Å². The fraction of sp³-hybridized carbons (Fsp3) is 0.250. The van der Waals surface area contributed by atoms with Crippen molar-refractivity contribution in [2.24, 2.45) is 0 Å². The molecule has 1 aromatic heterocycles. The number of benzene rings is 4. The molecule has 4 aromatic carbocycles. The SMILES string of the molecule is COc1cc(OC)c2c(=O)c(OCCCCOc3ccc(/C=C/C(=O)Nc4ccc(Cl)cc4)cc3OC)c(-c3cc(OC)c(OC)c(OC)c3)oc2c1. The van der Waals surface area contributed by atoms with E-state index in [1.165, 1.54) is 41.6 Å². The van der Waals surface area contributed by atoms with Crippen LogP contribution in [-0.2, 0) is 4.79 Å². The minimum Gasteiger partial charge on any atom is -0.496 e. The standard InChI is InChI=1S/C40H40ClNO11/c1-45-28-22-31(47-3)36-32(23-28)53-38(25-20-33(48-4)39(50-6)34(21-25)49-5)40(37(36)44)52-18-8-7-17-51-29-15-9-24(19-30(29)46-2)10-16-35(43)42-27-13-11-26(41)12-14-27/h9-16,19-23H,7-8,17-18H2,1-6H3,(H,42,43)/b16-10+. The molecule has 12 nitrogen and oxygen atoms in total. The number of rotatable bonds is 17. The van der Waals surface area contributed by atoms with Gasteiger partial charge in [-0.3, -0.25) is 9.59 Å². The van der Waals surface area contributed by atoms with E-state index in [2.05, 4.69) is 5.32 Å². The first-order valence-corrected chi connectivity index (χ1v) is 16.8. The van der Waals surface area contributed by atoms with E-state index in [-0.39, 0.29) is 40.7 Å². The Bertz CT molecular complexity index is 2120. The molecule has 0 saturated heterocycles. The quantitative estimate of drug-likeness (QED) is 0.0732. The molecule has 278 valence electrons. The minimum atomic E-state index is -0.424. The van der Waals surface area contributed by atoms with Gasteiger partial charge in [0, 0.05) is 34.5 Å². The monoisotopic (exact) mass is 745 g/mol. The number of halogens is 1. The number of amides is 1. The summed E-state index contributed by atoms with van der Waals surface area (Å²) < 4.78 is 51.6. The van der Waals surface area contributed by atoms with Crippen molar-refractivity contribution in [2.45, 2.75) is 12.8 Å². The number of anilines is 1. The summed E-state index contributed by atoms with van der Waals surface area (Å²) in [7, 11) is 9.02. The number of hydrogen-bond donors (Lipinski definition) is 1. The molecule has 5 aromatic rings. The second kappa shape index (κ2) is 18.0. The van der Waals surface area contributed by atoms with Crippen LogP contribution in [0.3, 0.4) is 0 Å². The van der Waals surface area contributed by atoms with Gasteiger partial charge in [-0.1, -0.05) is 17.7 Å². The number of carbonyl (C=O) groups excluding carboxylic acids is 1. The number of nitrogens with one attached hydrogen (secondary N) is 1. The van der Waals surface area contributed by atoms with Crippen molar-refractivity contribution in [2.75, 3.05) is 61.2 Å². The van der Waals surface area contributed by atoms with Crippen LogP contribution in [0.25, 0.3) is 28.4 Å². The predicted octanol–water partition coefficient (Wildman–Crippen LogP) is 8.05. The van der Waals surface area contributed by atoms with Crippen molar-refractivity contribution in [3.8, 4) is 57.3 Å². The van der Waals surface area contributed by atoms with Crippen LogP contribution in [0.4, 0.5) is 5.69 Å². The van der Waals surface area contributed by atoms with E-state index in [0.29, 0.717) is 70.2 Å². The van der Waals surface area contributed by atoms with E-state index in [0.717, 1.165) is 5.56 Å². The molecule has 0 fully saturated rings. The highest BCUT2D eigenvalue weighted by Gasteiger charge is 2.24. The Morgan fingerprint density at radius 3 is 1.98 bits per heavy atom. The molecule has 13 heteroatoms. The lowest BCUT2D eigenvalue weighted by atomic mass is 10.1. The first-order valence-electron chi connectivity index (χ1n) is 16.4. The first-order chi connectivity index (χ1) is 25.7. The average Bonchev–Trinajstić information content (AvgIpc) is 3.18. The molecule has 0 unspecified atom stereocenters. The zero-order valence-corrected chi connectivity index (χ0v) is 31.0. The molecular formula is C40H40ClNO11. The Labute approximate surface area is 311 Å². The summed E-state index contributed by atoms with van der Waals surface area (Å²) in [6.07, 6.45) is 4.24. The van der Waals surface area contributed by atoms with Crippen LogP contribution in [-0.4, -0.2) is 61.8 Å². The van der Waals surface area contributed by atoms with Crippen molar-refractivity contribution in [1.82, 2.24) is 0 Å². The summed E-state index contributed by atoms with van der Waals surface area (Å²) in [4.78, 5) is 26.4. The smallest absolute Gasteiger partial charge is 0.248 e. The number of carbonyl (C=O) groups is 1. The van der Waals surface area contributed by atoms with E-state index in [1.807, 2.05) is 6.07 Å². The summed E-state index contributed by atoms with van der Waals surface area (Å²) >= 11 is 5.91. The fourth-order valence-corrected chi connectivity index (χ4v) is 5.54. The van der Waals surface area contributed by atoms with Crippen LogP contribution in [0.2, 0.25) is 5.02 Å². The molecule has 1 amide bonds. The summed E-state index contributed by atoms with van der Waals surface area (Å²) in [5.74, 6) is 2.76. The zero-order valence-electron chi connectivity index (χ0n) is 30.2. The number of fused-ring (bicyclic) bond motifs is 1. The highest BCUT2D eigenvalue weighted by molar-refractivity contribution is 6.30. The van der Waals surface area contributed by atoms with Crippen molar-refractivity contribution in [1.29, 1.82) is 0 Å². The van der Waals surface area contributed by atoms with E-state index in [4.69, 9.17) is 53.9 Å². The Balaban J connectivity index is 1.29. The number of hydrogen-bond acceptors (Lipinski definition) is 11. The van der Waals surface area contributed by atoms with Gasteiger partial charge in [0.05, 0.1) is 55.9 Å². The third kappa shape index (κ3) is 9.08. The van der Waals surface area contributed by atoms with Gasteiger partial charge in [0.15, 0.2) is 28.8 Å². The molecule has 1 heterocycles. The van der Waals surface area contributed by atoms with Crippen molar-refractivity contribution < 1.29 is 47.1 Å². The second-order valence-corrected chi connectivity index (χ2v) is 11.8. The number of methoxy groups -OCH3 is 6. The molecule has 53 heavy (non-hydrogen) atoms. The highest BCUT2D eigenvalue weighted by atomic mass is 35.5. The maximum atomic E-state index is 14.1. The molecule has 0 aliphatic carbocycles. The molecule has 0 aliphatic rings. The Kier molecular flexibility index (Phi) is 13.0. The van der Waals surface area contributed by atoms with Gasteiger partial charge in [0.1, 0.15) is 22.5 Å². The van der Waals surface area contributed by atoms with Gasteiger partial charge in [-0.2, -0.15) is 0 Å². The minimum absolute atomic E-state index is 0.0108. The summed E-state index contributed by atoms with van der Waals surface area (Å²) in [6.45, 7) is 0.520. The largest absolute Gasteiger partial charge is 0.496 e. The Morgan fingerprint density at radius 1 is 0.698 bits per heavy atom. The molecule has 5 rings (SSSR count). The third-order valence-corrected chi connectivity index (χ3v) is 8.29. The van der Waals surface area contributed by atoms with E-state index < -0.39 is 5.43 Å². The van der Waals surface area contributed by atoms with Crippen molar-refractivity contribution >= 4 is 40.2 Å². The molecule has 0 radical (unpaired) electrons. The van der Waals surface area contributed by atoms with E-state index in [1.54, 1.807) is 73.8 Å². The van der Waals surface area contributed by atoms with E-state index in [9.17, 15) is 9.59 Å². The zero-order chi connectivity index (χ0) is 37.9. The summed E-state index contributed by atoms with van der Waals surface area (Å²) in [6, 6.07) is 18.8. The average molecular weight is 746 g/mol. The first kappa shape index (κ1) is 38.2. The lowest BCUT2D eigenvalue weighted by Crippen LogP contribution is -2.13. The topological polar surface area (TPSA) is 133 Å². The van der Waals surface area contributed by atoms with E-state index >= 15 is 0 Å². The van der Waals surface area contributed by atoms with Gasteiger partial charge in [0.2, 0.25) is 22.8 Å². The fourth-order valence-electron chi connectivity index (χ4n) is 5.41. The molecule has 0 bridgehead atoms. The molecular weight excluding hydrogens is 706 g/mol. The molecule has 0 aliphatic heterocycles. The number of ether oxygens (including phenoxy) is 8. The summed E-state index contributed by atoms with van der Waals surface area (Å²) in [5.41, 5.74) is 1.67. The van der Waals surface area contributed by atoms with Gasteiger partial charge in [-0.05, 0) is 73.0 Å². The predicted molar refractivity (Wildman–Crippen MR) is 203 cm³/mol. The molecule has 0 spiro atoms. The van der Waals surface area contributed by atoms with Crippen LogP contribution in [0, 0.1) is 0 Å². The maximum absolute atomic E-state index is 14.1. The third-order valence-electron chi connectivity index (χ3n) is 8.04. The Hall–Kier alpha value is -6.01. The number of unbranched alkanes of at least 4 members (excludes halogenated alkanes) is 1. The Morgan fingerprint density at radius 2 is 1.36 bits per heavy atom. The van der Waals surface area contributed by atoms with Crippen molar-refractivity contribution in [3.05, 3.63) is 93.6 Å². The highest BCUT2D eigenvalue weighted by Crippen LogP contribution is 2.44. The van der Waals surface area contributed by atoms with Crippen LogP contribution < -0.4 is 48.6 Å². The molecule has 0 atom stereocenters. The van der Waals surface area contributed by atoms with Gasteiger partial charge in [0.25, 0.3) is 0 Å². The lowest BCUT2D eigenvalue weighted by Gasteiger charge is -2.17. The second-order valence-electron chi connectivity index (χ2n) is 11.4. The van der Waals surface area contributed by atoms with Crippen LogP contribution in [0.1, 0.15) is 18.4 Å². The maximum Gasteiger partial charge on any atom is 0.248 e. The van der Waals surface area contributed by atoms with Gasteiger partial charge >= 0.3 is 0 Å². The normalized spacial score (nSPS) is 10.9. The van der Waals surface area contributed by atoms with Crippen LogP contribution >= 0.6 is 11.6 Å². The lowest BCUT2D eigenvalue weighted by molar-refractivity contribution is -0.111. The van der Waals surface area contributed by atoms with Gasteiger partial charge in [-0.15, -0.1) is 0 Å². The summed E-state index contributed by atoms with van der Waals surface area (Å²) in [5, 5.41) is 3.57. The molecule has 0 saturated carbocycles.